The van der Waals surface area contributed by atoms with Gasteiger partial charge in [-0.15, -0.1) is 0 Å². The monoisotopic (exact) mass is 296 g/mol. The quantitative estimate of drug-likeness (QED) is 0.449. The van der Waals surface area contributed by atoms with E-state index in [2.05, 4.69) is 81.6 Å². The molecule has 0 aromatic heterocycles. The van der Waals surface area contributed by atoms with E-state index in [1.807, 2.05) is 0 Å². The van der Waals surface area contributed by atoms with Crippen LogP contribution in [0.4, 0.5) is 5.69 Å². The van der Waals surface area contributed by atoms with Crippen molar-refractivity contribution in [1.29, 1.82) is 0 Å². The SMILES string of the molecule is CC(C)[N+](C)(CCCCCc1ccccc1)c1ccccc1. The minimum atomic E-state index is 0.608. The lowest BCUT2D eigenvalue weighted by Crippen LogP contribution is -2.51. The molecule has 0 aliphatic heterocycles. The minimum absolute atomic E-state index is 0.608. The number of rotatable bonds is 8. The predicted octanol–water partition coefficient (Wildman–Crippen LogP) is 5.45. The van der Waals surface area contributed by atoms with Crippen molar-refractivity contribution >= 4 is 5.69 Å². The summed E-state index contributed by atoms with van der Waals surface area (Å²) < 4.78 is 1.03. The van der Waals surface area contributed by atoms with E-state index in [9.17, 15) is 0 Å². The van der Waals surface area contributed by atoms with E-state index in [0.717, 1.165) is 4.48 Å². The number of hydrogen-bond donors (Lipinski definition) is 0. The second kappa shape index (κ2) is 8.14. The summed E-state index contributed by atoms with van der Waals surface area (Å²) in [6, 6.07) is 22.4. The number of para-hydroxylation sites is 1. The molecule has 2 aromatic rings. The van der Waals surface area contributed by atoms with E-state index in [1.54, 1.807) is 0 Å². The molecule has 0 N–H and O–H groups in total. The van der Waals surface area contributed by atoms with Crippen LogP contribution in [0.25, 0.3) is 0 Å². The number of quaternary nitrogens is 1. The standard InChI is InChI=1S/C21H30N/c1-19(2)22(3,21-16-10-5-11-17-21)18-12-6-9-15-20-13-7-4-8-14-20/h4-5,7-8,10-11,13-14,16-17,19H,6,9,12,15,18H2,1-3H3/q+1. The first-order valence-electron chi connectivity index (χ1n) is 8.57. The summed E-state index contributed by atoms with van der Waals surface area (Å²) in [5.74, 6) is 0. The maximum absolute atomic E-state index is 2.37. The first kappa shape index (κ1) is 16.8. The molecule has 2 aromatic carbocycles. The highest BCUT2D eigenvalue weighted by Crippen LogP contribution is 2.25. The summed E-state index contributed by atoms with van der Waals surface area (Å²) in [5, 5.41) is 0. The minimum Gasteiger partial charge on any atom is -0.292 e. The number of unbranched alkanes of at least 4 members (excludes halogenated alkanes) is 2. The Balaban J connectivity index is 1.83. The lowest BCUT2D eigenvalue weighted by Gasteiger charge is -2.38. The first-order valence-corrected chi connectivity index (χ1v) is 8.57. The van der Waals surface area contributed by atoms with Crippen molar-refractivity contribution in [1.82, 2.24) is 4.48 Å². The van der Waals surface area contributed by atoms with Crippen LogP contribution >= 0.6 is 0 Å². The first-order chi connectivity index (χ1) is 10.6. The molecule has 1 heteroatoms. The summed E-state index contributed by atoms with van der Waals surface area (Å²) in [5.41, 5.74) is 2.90. The van der Waals surface area contributed by atoms with Crippen molar-refractivity contribution in [2.24, 2.45) is 0 Å². The Labute approximate surface area is 136 Å². The summed E-state index contributed by atoms with van der Waals surface area (Å²) in [7, 11) is 2.37. The summed E-state index contributed by atoms with van der Waals surface area (Å²) in [4.78, 5) is 0. The highest BCUT2D eigenvalue weighted by atomic mass is 15.4. The number of hydrogen-bond acceptors (Lipinski definition) is 0. The molecule has 118 valence electrons. The Bertz CT molecular complexity index is 532. The highest BCUT2D eigenvalue weighted by Gasteiger charge is 2.27. The fourth-order valence-corrected chi connectivity index (χ4v) is 3.04. The van der Waals surface area contributed by atoms with Crippen molar-refractivity contribution in [3.63, 3.8) is 0 Å². The van der Waals surface area contributed by atoms with E-state index in [0.29, 0.717) is 6.04 Å². The van der Waals surface area contributed by atoms with E-state index in [1.165, 1.54) is 43.5 Å². The molecule has 0 spiro atoms. The molecule has 0 saturated carbocycles. The van der Waals surface area contributed by atoms with Crippen LogP contribution in [0.3, 0.4) is 0 Å². The summed E-state index contributed by atoms with van der Waals surface area (Å²) in [6.07, 6.45) is 5.09. The van der Waals surface area contributed by atoms with Crippen LogP contribution < -0.4 is 4.48 Å². The molecule has 22 heavy (non-hydrogen) atoms. The second-order valence-electron chi connectivity index (χ2n) is 6.72. The molecule has 1 nitrogen and oxygen atoms in total. The van der Waals surface area contributed by atoms with Crippen LogP contribution in [-0.4, -0.2) is 19.6 Å². The lowest BCUT2D eigenvalue weighted by molar-refractivity contribution is 0.265. The maximum atomic E-state index is 2.37. The zero-order valence-electron chi connectivity index (χ0n) is 14.3. The molecule has 1 atom stereocenters. The van der Waals surface area contributed by atoms with Crippen LogP contribution in [0.1, 0.15) is 38.7 Å². The van der Waals surface area contributed by atoms with E-state index in [-0.39, 0.29) is 0 Å². The van der Waals surface area contributed by atoms with Gasteiger partial charge in [0.15, 0.2) is 0 Å². The van der Waals surface area contributed by atoms with Gasteiger partial charge in [-0.05, 0) is 57.2 Å². The predicted molar refractivity (Wildman–Crippen MR) is 98.2 cm³/mol. The molecule has 0 aliphatic carbocycles. The van der Waals surface area contributed by atoms with E-state index < -0.39 is 0 Å². The van der Waals surface area contributed by atoms with Gasteiger partial charge in [0, 0.05) is 0 Å². The molecule has 0 radical (unpaired) electrons. The van der Waals surface area contributed by atoms with Gasteiger partial charge in [-0.3, -0.25) is 4.48 Å². The van der Waals surface area contributed by atoms with Gasteiger partial charge in [0.25, 0.3) is 0 Å². The van der Waals surface area contributed by atoms with Gasteiger partial charge in [-0.2, -0.15) is 0 Å². The smallest absolute Gasteiger partial charge is 0.132 e. The van der Waals surface area contributed by atoms with Gasteiger partial charge in [0.1, 0.15) is 5.69 Å². The number of aryl methyl sites for hydroxylation is 1. The van der Waals surface area contributed by atoms with Crippen molar-refractivity contribution in [2.45, 2.75) is 45.6 Å². The number of nitrogens with zero attached hydrogens (tertiary/aromatic N) is 1. The van der Waals surface area contributed by atoms with E-state index >= 15 is 0 Å². The van der Waals surface area contributed by atoms with E-state index in [4.69, 9.17) is 0 Å². The Morgan fingerprint density at radius 2 is 1.36 bits per heavy atom. The van der Waals surface area contributed by atoms with Crippen molar-refractivity contribution in [2.75, 3.05) is 13.6 Å². The van der Waals surface area contributed by atoms with Gasteiger partial charge in [-0.25, -0.2) is 0 Å². The second-order valence-corrected chi connectivity index (χ2v) is 6.72. The normalized spacial score (nSPS) is 14.0. The molecule has 0 aliphatic rings. The average molecular weight is 296 g/mol. The third kappa shape index (κ3) is 4.45. The average Bonchev–Trinajstić information content (AvgIpc) is 2.56. The molecular weight excluding hydrogens is 266 g/mol. The van der Waals surface area contributed by atoms with Gasteiger partial charge >= 0.3 is 0 Å². The molecule has 1 unspecified atom stereocenters. The van der Waals surface area contributed by atoms with Crippen molar-refractivity contribution < 1.29 is 0 Å². The molecule has 0 bridgehead atoms. The molecule has 0 heterocycles. The van der Waals surface area contributed by atoms with Gasteiger partial charge in [-0.1, -0.05) is 48.5 Å². The topological polar surface area (TPSA) is 0 Å². The van der Waals surface area contributed by atoms with Gasteiger partial charge in [0.2, 0.25) is 0 Å². The third-order valence-corrected chi connectivity index (χ3v) is 4.92. The molecule has 2 rings (SSSR count). The number of benzene rings is 2. The third-order valence-electron chi connectivity index (χ3n) is 4.92. The molecule has 0 amide bonds. The van der Waals surface area contributed by atoms with Crippen LogP contribution in [0, 0.1) is 0 Å². The molecule has 0 saturated heterocycles. The van der Waals surface area contributed by atoms with Crippen molar-refractivity contribution in [3.05, 3.63) is 66.2 Å². The van der Waals surface area contributed by atoms with Crippen LogP contribution in [0.5, 0.6) is 0 Å². The fraction of sp³-hybridized carbons (Fsp3) is 0.429. The highest BCUT2D eigenvalue weighted by molar-refractivity contribution is 5.42. The largest absolute Gasteiger partial charge is 0.292 e. The van der Waals surface area contributed by atoms with Crippen LogP contribution in [0.2, 0.25) is 0 Å². The van der Waals surface area contributed by atoms with Gasteiger partial charge in [0.05, 0.1) is 19.6 Å². The van der Waals surface area contributed by atoms with Crippen LogP contribution in [0.15, 0.2) is 60.7 Å². The van der Waals surface area contributed by atoms with Crippen LogP contribution in [-0.2, 0) is 6.42 Å². The Morgan fingerprint density at radius 1 is 0.773 bits per heavy atom. The van der Waals surface area contributed by atoms with Gasteiger partial charge < -0.3 is 0 Å². The summed E-state index contributed by atoms with van der Waals surface area (Å²) in [6.45, 7) is 5.88. The zero-order chi connectivity index (χ0) is 15.8. The Morgan fingerprint density at radius 3 is 1.95 bits per heavy atom. The lowest BCUT2D eigenvalue weighted by atomic mass is 10.1. The molecule has 0 fully saturated rings. The zero-order valence-corrected chi connectivity index (χ0v) is 14.3. The summed E-state index contributed by atoms with van der Waals surface area (Å²) >= 11 is 0. The fourth-order valence-electron chi connectivity index (χ4n) is 3.04. The van der Waals surface area contributed by atoms with Crippen molar-refractivity contribution in [3.8, 4) is 0 Å². The molecular formula is C21H30N+. The Kier molecular flexibility index (Phi) is 6.21. The maximum Gasteiger partial charge on any atom is 0.132 e. The Hall–Kier alpha value is -1.60.